The molecule has 10 atom stereocenters. The van der Waals surface area contributed by atoms with Gasteiger partial charge in [-0.15, -0.1) is 0 Å². The molecular formula is C37H55NO14. The molecule has 1 aromatic rings. The summed E-state index contributed by atoms with van der Waals surface area (Å²) in [7, 11) is 0. The number of hydrogen-bond acceptors (Lipinski definition) is 14. The molecule has 4 unspecified atom stereocenters. The van der Waals surface area contributed by atoms with Gasteiger partial charge in [0, 0.05) is 52.7 Å². The molecular weight excluding hydrogens is 682 g/mol. The van der Waals surface area contributed by atoms with Gasteiger partial charge in [0.1, 0.15) is 25.9 Å². The van der Waals surface area contributed by atoms with Crippen LogP contribution in [0.4, 0.5) is 4.79 Å². The van der Waals surface area contributed by atoms with E-state index in [1.807, 2.05) is 44.2 Å². The van der Waals surface area contributed by atoms with Crippen LogP contribution in [0.15, 0.2) is 30.3 Å². The molecule has 0 aromatic heterocycles. The van der Waals surface area contributed by atoms with E-state index in [4.69, 9.17) is 42.6 Å². The van der Waals surface area contributed by atoms with E-state index in [9.17, 15) is 24.0 Å². The molecule has 0 spiro atoms. The van der Waals surface area contributed by atoms with Crippen molar-refractivity contribution in [2.24, 2.45) is 17.8 Å². The van der Waals surface area contributed by atoms with E-state index in [0.717, 1.165) is 24.8 Å². The second-order valence-corrected chi connectivity index (χ2v) is 13.3. The Hall–Kier alpha value is -3.79. The minimum Gasteiger partial charge on any atom is -0.463 e. The lowest BCUT2D eigenvalue weighted by molar-refractivity contribution is -0.344. The van der Waals surface area contributed by atoms with Crippen molar-refractivity contribution in [3.63, 3.8) is 0 Å². The maximum atomic E-state index is 12.3. The van der Waals surface area contributed by atoms with Crippen LogP contribution in [0.5, 0.6) is 0 Å². The Morgan fingerprint density at radius 1 is 0.635 bits per heavy atom. The van der Waals surface area contributed by atoms with E-state index in [-0.39, 0.29) is 38.3 Å². The van der Waals surface area contributed by atoms with Crippen molar-refractivity contribution in [3.8, 4) is 0 Å². The normalized spacial score (nSPS) is 28.6. The van der Waals surface area contributed by atoms with Gasteiger partial charge in [-0.25, -0.2) is 4.79 Å². The number of carbonyl (C=O) groups is 5. The van der Waals surface area contributed by atoms with Gasteiger partial charge in [-0.2, -0.15) is 0 Å². The predicted molar refractivity (Wildman–Crippen MR) is 183 cm³/mol. The van der Waals surface area contributed by atoms with Crippen LogP contribution < -0.4 is 5.32 Å². The standard InChI is InChI=1S/C37H55NO14/c1-22-23(2)33(48-27(6)41)36(50-30(22)20-45-25(4)39)52-32-24(3)34(49-28(7)42)35(51-31(32)21-46-26(5)40)44-18-14-9-8-13-17-38-37(43)47-19-29-15-11-10-12-16-29/h10-12,15-16,22-24,30-36H,8-9,13-14,17-21H2,1-7H3,(H,38,43)/t22-,23+,24+,30?,31?,32+,33?,34?,35-,36+/m1/s1. The highest BCUT2D eigenvalue weighted by Crippen LogP contribution is 2.38. The number of amides is 1. The smallest absolute Gasteiger partial charge is 0.407 e. The third kappa shape index (κ3) is 14.0. The molecule has 1 amide bonds. The molecule has 1 N–H and O–H groups in total. The van der Waals surface area contributed by atoms with Crippen molar-refractivity contribution in [3.05, 3.63) is 35.9 Å². The molecule has 0 radical (unpaired) electrons. The molecule has 0 saturated carbocycles. The van der Waals surface area contributed by atoms with Gasteiger partial charge in [0.05, 0.1) is 12.2 Å². The van der Waals surface area contributed by atoms with Crippen molar-refractivity contribution < 1.29 is 66.6 Å². The number of nitrogens with one attached hydrogen (secondary N) is 1. The Morgan fingerprint density at radius 3 is 1.83 bits per heavy atom. The SMILES string of the molecule is CC(=O)OCC1O[C@@H](OCCCCCCNC(=O)OCc2ccccc2)C(OC(C)=O)[C@@H](C)[C@@H]1O[C@@H]1OC(COC(C)=O)[C@H](C)[C@H](C)C1OC(C)=O. The van der Waals surface area contributed by atoms with Gasteiger partial charge in [0.2, 0.25) is 0 Å². The summed E-state index contributed by atoms with van der Waals surface area (Å²) in [4.78, 5) is 59.8. The lowest BCUT2D eigenvalue weighted by atomic mass is 9.83. The number of benzene rings is 1. The van der Waals surface area contributed by atoms with Crippen LogP contribution in [0, 0.1) is 17.8 Å². The van der Waals surface area contributed by atoms with E-state index in [0.29, 0.717) is 13.0 Å². The Morgan fingerprint density at radius 2 is 1.21 bits per heavy atom. The molecule has 1 aromatic carbocycles. The highest BCUT2D eigenvalue weighted by molar-refractivity contribution is 5.67. The molecule has 2 fully saturated rings. The van der Waals surface area contributed by atoms with Crippen LogP contribution >= 0.6 is 0 Å². The molecule has 15 nitrogen and oxygen atoms in total. The summed E-state index contributed by atoms with van der Waals surface area (Å²) in [5.41, 5.74) is 0.909. The zero-order valence-corrected chi connectivity index (χ0v) is 31.2. The van der Waals surface area contributed by atoms with Crippen molar-refractivity contribution in [2.75, 3.05) is 26.4 Å². The lowest BCUT2D eigenvalue weighted by Gasteiger charge is -2.48. The Bertz CT molecular complexity index is 1290. The maximum absolute atomic E-state index is 12.3. The van der Waals surface area contributed by atoms with Gasteiger partial charge in [-0.1, -0.05) is 63.9 Å². The van der Waals surface area contributed by atoms with E-state index in [1.165, 1.54) is 27.7 Å². The highest BCUT2D eigenvalue weighted by atomic mass is 16.7. The Labute approximate surface area is 305 Å². The number of carbonyl (C=O) groups excluding carboxylic acids is 5. The van der Waals surface area contributed by atoms with Crippen LogP contribution in [-0.4, -0.2) is 99.4 Å². The maximum Gasteiger partial charge on any atom is 0.407 e. The summed E-state index contributed by atoms with van der Waals surface area (Å²) in [6.45, 7) is 11.4. The Balaban J connectivity index is 1.61. The minimum atomic E-state index is -1.12. The quantitative estimate of drug-likeness (QED) is 0.129. The second-order valence-electron chi connectivity index (χ2n) is 13.3. The van der Waals surface area contributed by atoms with Crippen LogP contribution in [0.3, 0.4) is 0 Å². The molecule has 3 rings (SSSR count). The summed E-state index contributed by atoms with van der Waals surface area (Å²) in [6, 6.07) is 9.43. The highest BCUT2D eigenvalue weighted by Gasteiger charge is 2.51. The van der Waals surface area contributed by atoms with E-state index < -0.39 is 79.0 Å². The van der Waals surface area contributed by atoms with Crippen molar-refractivity contribution in [1.82, 2.24) is 5.32 Å². The topological polar surface area (TPSA) is 180 Å². The van der Waals surface area contributed by atoms with Gasteiger partial charge >= 0.3 is 30.0 Å². The molecule has 2 aliphatic rings. The zero-order chi connectivity index (χ0) is 38.2. The van der Waals surface area contributed by atoms with Crippen molar-refractivity contribution >= 4 is 30.0 Å². The number of rotatable bonds is 18. The van der Waals surface area contributed by atoms with E-state index >= 15 is 0 Å². The van der Waals surface area contributed by atoms with Gasteiger partial charge < -0.3 is 47.9 Å². The molecule has 2 aliphatic heterocycles. The van der Waals surface area contributed by atoms with Crippen molar-refractivity contribution in [2.45, 2.75) is 124 Å². The first-order valence-electron chi connectivity index (χ1n) is 17.9. The molecule has 0 bridgehead atoms. The summed E-state index contributed by atoms with van der Waals surface area (Å²) >= 11 is 0. The zero-order valence-electron chi connectivity index (χ0n) is 31.2. The van der Waals surface area contributed by atoms with Crippen LogP contribution in [0.1, 0.15) is 79.7 Å². The summed E-state index contributed by atoms with van der Waals surface area (Å²) in [5.74, 6) is -3.11. The van der Waals surface area contributed by atoms with Gasteiger partial charge in [0.15, 0.2) is 24.8 Å². The third-order valence-electron chi connectivity index (χ3n) is 9.12. The molecule has 0 aliphatic carbocycles. The minimum absolute atomic E-state index is 0.0368. The fraction of sp³-hybridized carbons (Fsp3) is 0.703. The first-order chi connectivity index (χ1) is 24.8. The average Bonchev–Trinajstić information content (AvgIpc) is 3.09. The first kappa shape index (κ1) is 42.6. The molecule has 2 saturated heterocycles. The number of esters is 4. The van der Waals surface area contributed by atoms with Crippen molar-refractivity contribution in [1.29, 1.82) is 0 Å². The summed E-state index contributed by atoms with van der Waals surface area (Å²) < 4.78 is 52.3. The molecule has 15 heteroatoms. The van der Waals surface area contributed by atoms with E-state index in [2.05, 4.69) is 5.32 Å². The first-order valence-corrected chi connectivity index (χ1v) is 17.9. The molecule has 2 heterocycles. The van der Waals surface area contributed by atoms with Crippen LogP contribution in [0.25, 0.3) is 0 Å². The Kier molecular flexibility index (Phi) is 17.8. The largest absolute Gasteiger partial charge is 0.463 e. The molecule has 292 valence electrons. The van der Waals surface area contributed by atoms with Crippen LogP contribution in [-0.2, 0) is 68.4 Å². The van der Waals surface area contributed by atoms with Crippen LogP contribution in [0.2, 0.25) is 0 Å². The van der Waals surface area contributed by atoms with Gasteiger partial charge in [0.25, 0.3) is 0 Å². The lowest BCUT2D eigenvalue weighted by Crippen LogP contribution is -2.61. The number of alkyl carbamates (subject to hydrolysis) is 1. The van der Waals surface area contributed by atoms with E-state index in [1.54, 1.807) is 6.92 Å². The summed E-state index contributed by atoms with van der Waals surface area (Å²) in [6.07, 6.45) is -3.66. The fourth-order valence-electron chi connectivity index (χ4n) is 6.15. The van der Waals surface area contributed by atoms with Gasteiger partial charge in [-0.05, 0) is 24.3 Å². The molecule has 52 heavy (non-hydrogen) atoms. The average molecular weight is 738 g/mol. The fourth-order valence-corrected chi connectivity index (χ4v) is 6.15. The van der Waals surface area contributed by atoms with Gasteiger partial charge in [-0.3, -0.25) is 19.2 Å². The number of ether oxygens (including phenoxy) is 9. The number of unbranched alkanes of at least 4 members (excludes halogenated alkanes) is 3. The third-order valence-corrected chi connectivity index (χ3v) is 9.12. The summed E-state index contributed by atoms with van der Waals surface area (Å²) in [5, 5.41) is 2.75. The predicted octanol–water partition coefficient (Wildman–Crippen LogP) is 4.22. The number of hydrogen-bond donors (Lipinski definition) is 1. The monoisotopic (exact) mass is 737 g/mol. The second kappa shape index (κ2) is 21.7.